The molecule has 1 amide bonds. The van der Waals surface area contributed by atoms with Crippen LogP contribution in [0.2, 0.25) is 10.0 Å². The van der Waals surface area contributed by atoms with Crippen molar-refractivity contribution in [2.24, 2.45) is 0 Å². The van der Waals surface area contributed by atoms with E-state index in [1.54, 1.807) is 28.9 Å². The Labute approximate surface area is 154 Å². The van der Waals surface area contributed by atoms with Crippen LogP contribution in [0.3, 0.4) is 0 Å². The fourth-order valence-electron chi connectivity index (χ4n) is 2.91. The second-order valence-electron chi connectivity index (χ2n) is 6.02. The summed E-state index contributed by atoms with van der Waals surface area (Å²) in [4.78, 5) is 12.4. The Morgan fingerprint density at radius 3 is 2.88 bits per heavy atom. The maximum absolute atomic E-state index is 12.4. The van der Waals surface area contributed by atoms with E-state index in [0.717, 1.165) is 18.4 Å². The summed E-state index contributed by atoms with van der Waals surface area (Å²) in [6.07, 6.45) is 4.88. The van der Waals surface area contributed by atoms with Gasteiger partial charge in [0.15, 0.2) is 0 Å². The monoisotopic (exact) mass is 375 g/mol. The molecule has 128 valence electrons. The highest BCUT2D eigenvalue weighted by atomic mass is 35.5. The van der Waals surface area contributed by atoms with Crippen LogP contribution in [0.5, 0.6) is 5.75 Å². The van der Waals surface area contributed by atoms with Crippen molar-refractivity contribution in [3.05, 3.63) is 64.4 Å². The number of nitrogens with one attached hydrogen (secondary N) is 1. The van der Waals surface area contributed by atoms with Gasteiger partial charge in [-0.3, -0.25) is 4.79 Å². The molecular weight excluding hydrogens is 361 g/mol. The number of hydrogen-bond acceptors (Lipinski definition) is 3. The highest BCUT2D eigenvalue weighted by Crippen LogP contribution is 2.35. The van der Waals surface area contributed by atoms with Crippen LogP contribution >= 0.6 is 23.2 Å². The minimum atomic E-state index is -0.120. The molecule has 5 nitrogen and oxygen atoms in total. The van der Waals surface area contributed by atoms with E-state index in [0.29, 0.717) is 21.4 Å². The predicted molar refractivity (Wildman–Crippen MR) is 96.6 cm³/mol. The molecule has 25 heavy (non-hydrogen) atoms. The molecule has 0 unspecified atom stereocenters. The Morgan fingerprint density at radius 1 is 1.20 bits per heavy atom. The number of fused-ring (bicyclic) bond motifs is 1. The molecule has 0 aliphatic heterocycles. The summed E-state index contributed by atoms with van der Waals surface area (Å²) in [6, 6.07) is 11.0. The summed E-state index contributed by atoms with van der Waals surface area (Å²) in [5.41, 5.74) is 1.36. The first-order valence-electron chi connectivity index (χ1n) is 7.95. The average molecular weight is 376 g/mol. The van der Waals surface area contributed by atoms with Crippen molar-refractivity contribution in [2.45, 2.75) is 25.0 Å². The van der Waals surface area contributed by atoms with E-state index < -0.39 is 0 Å². The lowest BCUT2D eigenvalue weighted by Crippen LogP contribution is -2.49. The Hall–Kier alpha value is -2.24. The van der Waals surface area contributed by atoms with Crippen molar-refractivity contribution in [1.82, 2.24) is 14.9 Å². The van der Waals surface area contributed by atoms with E-state index in [1.165, 1.54) is 0 Å². The van der Waals surface area contributed by atoms with Gasteiger partial charge < -0.3 is 10.1 Å². The van der Waals surface area contributed by atoms with E-state index in [2.05, 4.69) is 10.4 Å². The Balaban J connectivity index is 1.35. The summed E-state index contributed by atoms with van der Waals surface area (Å²) >= 11 is 12.1. The van der Waals surface area contributed by atoms with Gasteiger partial charge in [-0.1, -0.05) is 35.3 Å². The van der Waals surface area contributed by atoms with Crippen molar-refractivity contribution in [3.8, 4) is 5.75 Å². The van der Waals surface area contributed by atoms with Gasteiger partial charge in [0.25, 0.3) is 5.91 Å². The SMILES string of the molecule is O=C(N[C@H]1C[C@H](Oc2cccc(Cl)c2Cl)C1)c1cnn2ccccc12. The molecule has 1 aliphatic rings. The van der Waals surface area contributed by atoms with Crippen molar-refractivity contribution in [1.29, 1.82) is 0 Å². The zero-order valence-electron chi connectivity index (χ0n) is 13.2. The van der Waals surface area contributed by atoms with Crippen LogP contribution in [0.25, 0.3) is 5.52 Å². The Kier molecular flexibility index (Phi) is 4.27. The Morgan fingerprint density at radius 2 is 2.04 bits per heavy atom. The second kappa shape index (κ2) is 6.58. The highest BCUT2D eigenvalue weighted by Gasteiger charge is 2.33. The molecule has 4 rings (SSSR count). The number of aromatic nitrogens is 2. The van der Waals surface area contributed by atoms with Crippen LogP contribution in [0.4, 0.5) is 0 Å². The lowest BCUT2D eigenvalue weighted by molar-refractivity contribution is 0.0702. The van der Waals surface area contributed by atoms with Crippen LogP contribution in [0, 0.1) is 0 Å². The summed E-state index contributed by atoms with van der Waals surface area (Å²) in [5, 5.41) is 8.09. The Bertz CT molecular complexity index is 935. The van der Waals surface area contributed by atoms with Gasteiger partial charge in [0.05, 0.1) is 22.3 Å². The van der Waals surface area contributed by atoms with Crippen LogP contribution in [-0.4, -0.2) is 27.7 Å². The number of benzene rings is 1. The highest BCUT2D eigenvalue weighted by molar-refractivity contribution is 6.42. The van der Waals surface area contributed by atoms with E-state index in [1.807, 2.05) is 24.4 Å². The number of amides is 1. The van der Waals surface area contributed by atoms with E-state index >= 15 is 0 Å². The molecule has 0 spiro atoms. The fraction of sp³-hybridized carbons (Fsp3) is 0.222. The molecule has 1 fully saturated rings. The van der Waals surface area contributed by atoms with E-state index in [4.69, 9.17) is 27.9 Å². The number of ether oxygens (including phenoxy) is 1. The van der Waals surface area contributed by atoms with Gasteiger partial charge >= 0.3 is 0 Å². The molecule has 3 aromatic rings. The number of hydrogen-bond donors (Lipinski definition) is 1. The van der Waals surface area contributed by atoms with Crippen molar-refractivity contribution in [3.63, 3.8) is 0 Å². The van der Waals surface area contributed by atoms with Crippen LogP contribution in [0.1, 0.15) is 23.2 Å². The van der Waals surface area contributed by atoms with E-state index in [9.17, 15) is 4.79 Å². The minimum absolute atomic E-state index is 0.0187. The zero-order chi connectivity index (χ0) is 17.4. The summed E-state index contributed by atoms with van der Waals surface area (Å²) in [6.45, 7) is 0. The summed E-state index contributed by atoms with van der Waals surface area (Å²) in [7, 11) is 0. The van der Waals surface area contributed by atoms with Gasteiger partial charge in [0.2, 0.25) is 0 Å². The average Bonchev–Trinajstić information content (AvgIpc) is 3.01. The molecule has 1 aliphatic carbocycles. The van der Waals surface area contributed by atoms with E-state index in [-0.39, 0.29) is 18.1 Å². The molecule has 0 bridgehead atoms. The van der Waals surface area contributed by atoms with Gasteiger partial charge in [0, 0.05) is 25.1 Å². The van der Waals surface area contributed by atoms with Crippen LogP contribution < -0.4 is 10.1 Å². The standard InChI is InChI=1S/C18H15Cl2N3O2/c19-14-4-3-6-16(17(14)20)25-12-8-11(9-12)22-18(24)13-10-21-23-7-2-1-5-15(13)23/h1-7,10-12H,8-9H2,(H,22,24)/t11-,12-. The maximum Gasteiger partial charge on any atom is 0.255 e. The van der Waals surface area contributed by atoms with Gasteiger partial charge in [-0.2, -0.15) is 5.10 Å². The minimum Gasteiger partial charge on any atom is -0.489 e. The van der Waals surface area contributed by atoms with Crippen molar-refractivity contribution in [2.75, 3.05) is 0 Å². The number of pyridine rings is 1. The maximum atomic E-state index is 12.4. The lowest BCUT2D eigenvalue weighted by atomic mass is 9.89. The van der Waals surface area contributed by atoms with Gasteiger partial charge in [-0.05, 0) is 24.3 Å². The molecular formula is C18H15Cl2N3O2. The van der Waals surface area contributed by atoms with Gasteiger partial charge in [0.1, 0.15) is 16.9 Å². The molecule has 1 N–H and O–H groups in total. The first-order valence-corrected chi connectivity index (χ1v) is 8.71. The third-order valence-corrected chi connectivity index (χ3v) is 5.11. The molecule has 0 atom stereocenters. The number of rotatable bonds is 4. The predicted octanol–water partition coefficient (Wildman–Crippen LogP) is 3.98. The smallest absolute Gasteiger partial charge is 0.255 e. The van der Waals surface area contributed by atoms with Crippen molar-refractivity contribution >= 4 is 34.6 Å². The summed E-state index contributed by atoms with van der Waals surface area (Å²) in [5.74, 6) is 0.456. The molecule has 2 aromatic heterocycles. The van der Waals surface area contributed by atoms with Crippen LogP contribution in [-0.2, 0) is 0 Å². The fourth-order valence-corrected chi connectivity index (χ4v) is 3.24. The molecule has 1 aromatic carbocycles. The number of carbonyl (C=O) groups is 1. The molecule has 0 saturated heterocycles. The topological polar surface area (TPSA) is 55.6 Å². The molecule has 0 radical (unpaired) electrons. The number of carbonyl (C=O) groups excluding carboxylic acids is 1. The third-order valence-electron chi connectivity index (χ3n) is 4.31. The molecule has 1 saturated carbocycles. The zero-order valence-corrected chi connectivity index (χ0v) is 14.7. The number of nitrogens with zero attached hydrogens (tertiary/aromatic N) is 2. The van der Waals surface area contributed by atoms with Crippen molar-refractivity contribution < 1.29 is 9.53 Å². The first kappa shape index (κ1) is 16.2. The first-order chi connectivity index (χ1) is 12.1. The third kappa shape index (κ3) is 3.17. The number of halogens is 2. The molecule has 7 heteroatoms. The summed E-state index contributed by atoms with van der Waals surface area (Å²) < 4.78 is 7.53. The lowest BCUT2D eigenvalue weighted by Gasteiger charge is -2.36. The van der Waals surface area contributed by atoms with Crippen LogP contribution in [0.15, 0.2) is 48.8 Å². The largest absolute Gasteiger partial charge is 0.489 e. The molecule has 2 heterocycles. The quantitative estimate of drug-likeness (QED) is 0.750. The van der Waals surface area contributed by atoms with Gasteiger partial charge in [-0.15, -0.1) is 0 Å². The van der Waals surface area contributed by atoms with Gasteiger partial charge in [-0.25, -0.2) is 4.52 Å². The second-order valence-corrected chi connectivity index (χ2v) is 6.81. The normalized spacial score (nSPS) is 19.4.